The summed E-state index contributed by atoms with van der Waals surface area (Å²) >= 11 is 0. The van der Waals surface area contributed by atoms with Gasteiger partial charge in [0.05, 0.1) is 6.61 Å². The van der Waals surface area contributed by atoms with Crippen molar-refractivity contribution in [2.75, 3.05) is 6.61 Å². The number of halogens is 1. The van der Waals surface area contributed by atoms with Crippen molar-refractivity contribution in [3.63, 3.8) is 0 Å². The fourth-order valence-electron chi connectivity index (χ4n) is 1.52. The second-order valence-corrected chi connectivity index (χ2v) is 4.20. The van der Waals surface area contributed by atoms with Gasteiger partial charge in [-0.15, -0.1) is 0 Å². The molecule has 1 aromatic rings. The van der Waals surface area contributed by atoms with Gasteiger partial charge in [-0.25, -0.2) is 4.39 Å². The van der Waals surface area contributed by atoms with E-state index in [1.165, 1.54) is 18.9 Å². The Kier molecular flexibility index (Phi) is 2.91. The molecule has 1 saturated carbocycles. The van der Waals surface area contributed by atoms with Crippen molar-refractivity contribution in [2.45, 2.75) is 25.8 Å². The summed E-state index contributed by atoms with van der Waals surface area (Å²) in [6.07, 6.45) is 2.39. The number of hydrogen-bond acceptors (Lipinski definition) is 2. The smallest absolute Gasteiger partial charge is 0.165 e. The summed E-state index contributed by atoms with van der Waals surface area (Å²) in [5, 5.41) is 0. The van der Waals surface area contributed by atoms with E-state index in [1.807, 2.05) is 13.0 Å². The maximum Gasteiger partial charge on any atom is 0.165 e. The molecule has 0 radical (unpaired) electrons. The molecule has 1 unspecified atom stereocenters. The zero-order valence-corrected chi connectivity index (χ0v) is 8.87. The van der Waals surface area contributed by atoms with E-state index in [4.69, 9.17) is 10.5 Å². The average Bonchev–Trinajstić information content (AvgIpc) is 2.99. The molecule has 1 aromatic carbocycles. The number of nitrogens with two attached hydrogens (primary N) is 1. The molecular weight excluding hydrogens is 193 g/mol. The van der Waals surface area contributed by atoms with Gasteiger partial charge in [0.25, 0.3) is 0 Å². The molecule has 2 rings (SSSR count). The van der Waals surface area contributed by atoms with Crippen LogP contribution in [-0.2, 0) is 0 Å². The molecule has 1 aliphatic carbocycles. The minimum atomic E-state index is -0.314. The highest BCUT2D eigenvalue weighted by Crippen LogP contribution is 2.32. The molecule has 2 nitrogen and oxygen atoms in total. The summed E-state index contributed by atoms with van der Waals surface area (Å²) in [4.78, 5) is 0. The number of para-hydroxylation sites is 1. The molecule has 0 spiro atoms. The first-order chi connectivity index (χ1) is 7.18. The van der Waals surface area contributed by atoms with Crippen LogP contribution in [0, 0.1) is 11.7 Å². The van der Waals surface area contributed by atoms with Crippen LogP contribution in [0.15, 0.2) is 18.2 Å². The summed E-state index contributed by atoms with van der Waals surface area (Å²) < 4.78 is 19.0. The van der Waals surface area contributed by atoms with E-state index in [1.54, 1.807) is 6.07 Å². The van der Waals surface area contributed by atoms with Gasteiger partial charge in [-0.2, -0.15) is 0 Å². The number of ether oxygens (including phenoxy) is 1. The topological polar surface area (TPSA) is 35.2 Å². The van der Waals surface area contributed by atoms with Crippen LogP contribution >= 0.6 is 0 Å². The summed E-state index contributed by atoms with van der Waals surface area (Å²) in [6, 6.07) is 4.69. The predicted molar refractivity (Wildman–Crippen MR) is 57.2 cm³/mol. The van der Waals surface area contributed by atoms with Crippen molar-refractivity contribution in [1.82, 2.24) is 0 Å². The molecule has 0 amide bonds. The largest absolute Gasteiger partial charge is 0.490 e. The molecule has 1 fully saturated rings. The number of hydrogen-bond donors (Lipinski definition) is 1. The Labute approximate surface area is 89.2 Å². The quantitative estimate of drug-likeness (QED) is 0.827. The van der Waals surface area contributed by atoms with E-state index in [9.17, 15) is 4.39 Å². The second kappa shape index (κ2) is 4.19. The molecule has 2 N–H and O–H groups in total. The van der Waals surface area contributed by atoms with Gasteiger partial charge >= 0.3 is 0 Å². The van der Waals surface area contributed by atoms with Crippen LogP contribution in [0.25, 0.3) is 0 Å². The molecule has 0 aromatic heterocycles. The zero-order valence-electron chi connectivity index (χ0n) is 8.87. The van der Waals surface area contributed by atoms with Crippen molar-refractivity contribution in [3.8, 4) is 5.75 Å². The van der Waals surface area contributed by atoms with Crippen LogP contribution in [0.4, 0.5) is 4.39 Å². The first kappa shape index (κ1) is 10.4. The highest BCUT2D eigenvalue weighted by molar-refractivity contribution is 5.37. The van der Waals surface area contributed by atoms with Crippen LogP contribution in [0.2, 0.25) is 0 Å². The third-order valence-corrected chi connectivity index (χ3v) is 2.65. The molecule has 1 aliphatic rings. The average molecular weight is 209 g/mol. The van der Waals surface area contributed by atoms with Gasteiger partial charge in [0, 0.05) is 11.6 Å². The lowest BCUT2D eigenvalue weighted by atomic mass is 10.1. The van der Waals surface area contributed by atoms with Crippen LogP contribution < -0.4 is 10.5 Å². The standard InChI is InChI=1S/C12H16FNO/c1-8(14)10-3-2-4-11(13)12(10)15-7-9-5-6-9/h2-4,8-9H,5-7,14H2,1H3. The second-order valence-electron chi connectivity index (χ2n) is 4.20. The highest BCUT2D eigenvalue weighted by Gasteiger charge is 2.23. The van der Waals surface area contributed by atoms with E-state index in [0.29, 0.717) is 18.3 Å². The SMILES string of the molecule is CC(N)c1cccc(F)c1OCC1CC1. The first-order valence-corrected chi connectivity index (χ1v) is 5.35. The first-order valence-electron chi connectivity index (χ1n) is 5.35. The van der Waals surface area contributed by atoms with Gasteiger partial charge in [-0.1, -0.05) is 12.1 Å². The Morgan fingerprint density at radius 2 is 2.27 bits per heavy atom. The zero-order chi connectivity index (χ0) is 10.8. The third-order valence-electron chi connectivity index (χ3n) is 2.65. The van der Waals surface area contributed by atoms with Crippen molar-refractivity contribution < 1.29 is 9.13 Å². The summed E-state index contributed by atoms with van der Waals surface area (Å²) in [5.74, 6) is 0.635. The summed E-state index contributed by atoms with van der Waals surface area (Å²) in [7, 11) is 0. The molecule has 0 heterocycles. The minimum absolute atomic E-state index is 0.199. The molecule has 0 saturated heterocycles. The lowest BCUT2D eigenvalue weighted by Crippen LogP contribution is -2.10. The predicted octanol–water partition coefficient (Wildman–Crippen LogP) is 2.63. The Morgan fingerprint density at radius 3 is 2.87 bits per heavy atom. The number of rotatable bonds is 4. The van der Waals surface area contributed by atoms with Crippen molar-refractivity contribution in [3.05, 3.63) is 29.6 Å². The van der Waals surface area contributed by atoms with E-state index in [0.717, 1.165) is 5.56 Å². The molecular formula is C12H16FNO. The van der Waals surface area contributed by atoms with Crippen molar-refractivity contribution in [2.24, 2.45) is 11.7 Å². The van der Waals surface area contributed by atoms with Gasteiger partial charge in [0.1, 0.15) is 0 Å². The van der Waals surface area contributed by atoms with Crippen LogP contribution in [-0.4, -0.2) is 6.61 Å². The molecule has 15 heavy (non-hydrogen) atoms. The fraction of sp³-hybridized carbons (Fsp3) is 0.500. The Hall–Kier alpha value is -1.09. The summed E-state index contributed by atoms with van der Waals surface area (Å²) in [5.41, 5.74) is 6.50. The van der Waals surface area contributed by atoms with Crippen molar-refractivity contribution in [1.29, 1.82) is 0 Å². The lowest BCUT2D eigenvalue weighted by molar-refractivity contribution is 0.281. The summed E-state index contributed by atoms with van der Waals surface area (Å²) in [6.45, 7) is 2.44. The Balaban J connectivity index is 2.16. The molecule has 1 atom stereocenters. The maximum atomic E-state index is 13.5. The van der Waals surface area contributed by atoms with Gasteiger partial charge in [0.15, 0.2) is 11.6 Å². The molecule has 82 valence electrons. The van der Waals surface area contributed by atoms with Crippen molar-refractivity contribution >= 4 is 0 Å². The lowest BCUT2D eigenvalue weighted by Gasteiger charge is -2.14. The molecule has 0 aliphatic heterocycles. The molecule has 3 heteroatoms. The van der Waals surface area contributed by atoms with E-state index < -0.39 is 0 Å². The monoisotopic (exact) mass is 209 g/mol. The van der Waals surface area contributed by atoms with E-state index in [-0.39, 0.29) is 11.9 Å². The fourth-order valence-corrected chi connectivity index (χ4v) is 1.52. The maximum absolute atomic E-state index is 13.5. The van der Waals surface area contributed by atoms with Gasteiger partial charge in [0.2, 0.25) is 0 Å². The number of benzene rings is 1. The highest BCUT2D eigenvalue weighted by atomic mass is 19.1. The van der Waals surface area contributed by atoms with Crippen LogP contribution in [0.3, 0.4) is 0 Å². The minimum Gasteiger partial charge on any atom is -0.490 e. The molecule has 0 bridgehead atoms. The Morgan fingerprint density at radius 1 is 1.53 bits per heavy atom. The Bertz CT molecular complexity index is 347. The van der Waals surface area contributed by atoms with Crippen LogP contribution in [0.5, 0.6) is 5.75 Å². The van der Waals surface area contributed by atoms with E-state index in [2.05, 4.69) is 0 Å². The third kappa shape index (κ3) is 2.48. The van der Waals surface area contributed by atoms with Crippen LogP contribution in [0.1, 0.15) is 31.4 Å². The van der Waals surface area contributed by atoms with E-state index >= 15 is 0 Å². The van der Waals surface area contributed by atoms with Gasteiger partial charge < -0.3 is 10.5 Å². The normalized spacial score (nSPS) is 17.5. The van der Waals surface area contributed by atoms with Gasteiger partial charge in [-0.05, 0) is 31.7 Å². The van der Waals surface area contributed by atoms with Gasteiger partial charge in [-0.3, -0.25) is 0 Å².